The summed E-state index contributed by atoms with van der Waals surface area (Å²) in [5, 5.41) is 0. The van der Waals surface area contributed by atoms with Gasteiger partial charge in [-0.2, -0.15) is 0 Å². The Morgan fingerprint density at radius 2 is 1.49 bits per heavy atom. The van der Waals surface area contributed by atoms with Crippen molar-refractivity contribution < 1.29 is 0 Å². The number of benzene rings is 3. The first-order valence-corrected chi connectivity index (χ1v) is 12.9. The maximum Gasteiger partial charge on any atom is 0.0502 e. The van der Waals surface area contributed by atoms with Gasteiger partial charge in [0.1, 0.15) is 0 Å². The van der Waals surface area contributed by atoms with Crippen molar-refractivity contribution in [2.75, 3.05) is 4.90 Å². The van der Waals surface area contributed by atoms with Crippen LogP contribution in [0, 0.1) is 0 Å². The Morgan fingerprint density at radius 3 is 2.06 bits per heavy atom. The molecule has 0 radical (unpaired) electrons. The van der Waals surface area contributed by atoms with Gasteiger partial charge in [-0.05, 0) is 88.4 Å². The van der Waals surface area contributed by atoms with Gasteiger partial charge in [0.25, 0.3) is 0 Å². The molecule has 0 aromatic heterocycles. The van der Waals surface area contributed by atoms with Crippen LogP contribution in [-0.4, -0.2) is 0 Å². The molecule has 0 saturated carbocycles. The van der Waals surface area contributed by atoms with E-state index in [1.807, 2.05) is 6.08 Å². The Labute approximate surface area is 211 Å². The molecule has 0 atom stereocenters. The summed E-state index contributed by atoms with van der Waals surface area (Å²) in [7, 11) is 0. The molecular formula is C34H37N. The lowest BCUT2D eigenvalue weighted by molar-refractivity contribution is 0.563. The van der Waals surface area contributed by atoms with Crippen LogP contribution < -0.4 is 4.90 Å². The number of hydrogen-bond acceptors (Lipinski definition) is 1. The van der Waals surface area contributed by atoms with Crippen molar-refractivity contribution in [2.45, 2.75) is 65.2 Å². The standard InChI is InChI=1S/C34H37N/c1-8-24(9-2)23(3)20-25-22-33(4,5)30-21-26(18-19-27(25)30)35-31-16-12-10-14-28(31)34(6,7)29-15-11-13-17-32(29)35/h8,10-21H,1,9,22H2,2-7H3. The molecule has 1 heteroatoms. The highest BCUT2D eigenvalue weighted by atomic mass is 15.2. The largest absolute Gasteiger partial charge is 0.310 e. The van der Waals surface area contributed by atoms with Crippen LogP contribution in [0.15, 0.2) is 96.6 Å². The molecule has 1 aliphatic carbocycles. The number of fused-ring (bicyclic) bond motifs is 3. The van der Waals surface area contributed by atoms with Gasteiger partial charge < -0.3 is 4.90 Å². The summed E-state index contributed by atoms with van der Waals surface area (Å²) in [6.45, 7) is 17.9. The van der Waals surface area contributed by atoms with E-state index in [1.54, 1.807) is 0 Å². The molecule has 0 spiro atoms. The molecule has 0 unspecified atom stereocenters. The summed E-state index contributed by atoms with van der Waals surface area (Å²) in [5.41, 5.74) is 13.5. The Hall–Kier alpha value is -3.32. The fourth-order valence-electron chi connectivity index (χ4n) is 6.19. The Kier molecular flexibility index (Phi) is 5.63. The molecule has 5 rings (SSSR count). The molecule has 0 fully saturated rings. The lowest BCUT2D eigenvalue weighted by Crippen LogP contribution is -2.30. The fraction of sp³-hybridized carbons (Fsp3) is 0.294. The lowest BCUT2D eigenvalue weighted by Gasteiger charge is -2.42. The summed E-state index contributed by atoms with van der Waals surface area (Å²) in [6, 6.07) is 24.9. The highest BCUT2D eigenvalue weighted by Gasteiger charge is 2.38. The summed E-state index contributed by atoms with van der Waals surface area (Å²) in [4.78, 5) is 2.46. The van der Waals surface area contributed by atoms with E-state index < -0.39 is 0 Å². The molecule has 0 bridgehead atoms. The molecule has 3 aromatic rings. The number of anilines is 3. The van der Waals surface area contributed by atoms with Crippen molar-refractivity contribution >= 4 is 22.6 Å². The maximum absolute atomic E-state index is 4.02. The van der Waals surface area contributed by atoms with Crippen molar-refractivity contribution in [1.29, 1.82) is 0 Å². The first kappa shape index (κ1) is 23.4. The van der Waals surface area contributed by atoms with Crippen LogP contribution >= 0.6 is 0 Å². The SMILES string of the molecule is C=CC(CC)=C(C)C=C1CC(C)(C)c2cc(N3c4ccccc4C(C)(C)c4ccccc43)ccc21. The van der Waals surface area contributed by atoms with Gasteiger partial charge >= 0.3 is 0 Å². The van der Waals surface area contributed by atoms with Gasteiger partial charge in [0.05, 0.1) is 11.4 Å². The van der Waals surface area contributed by atoms with E-state index in [1.165, 1.54) is 56.0 Å². The molecule has 178 valence electrons. The molecule has 1 nitrogen and oxygen atoms in total. The van der Waals surface area contributed by atoms with Crippen molar-refractivity contribution in [3.05, 3.63) is 119 Å². The minimum Gasteiger partial charge on any atom is -0.310 e. The number of allylic oxidation sites excluding steroid dienone is 5. The number of para-hydroxylation sites is 2. The zero-order valence-corrected chi connectivity index (χ0v) is 22.1. The lowest BCUT2D eigenvalue weighted by atomic mass is 9.73. The molecular weight excluding hydrogens is 422 g/mol. The quantitative estimate of drug-likeness (QED) is 0.351. The Balaban J connectivity index is 1.68. The zero-order valence-electron chi connectivity index (χ0n) is 22.1. The average molecular weight is 460 g/mol. The number of nitrogens with zero attached hydrogens (tertiary/aromatic N) is 1. The number of rotatable bonds is 4. The van der Waals surface area contributed by atoms with Gasteiger partial charge in [-0.3, -0.25) is 0 Å². The van der Waals surface area contributed by atoms with E-state index in [0.717, 1.165) is 12.8 Å². The Morgan fingerprint density at radius 1 is 0.886 bits per heavy atom. The summed E-state index contributed by atoms with van der Waals surface area (Å²) in [5.74, 6) is 0. The number of hydrogen-bond donors (Lipinski definition) is 0. The minimum absolute atomic E-state index is 0.0401. The van der Waals surface area contributed by atoms with E-state index in [2.05, 4.69) is 126 Å². The van der Waals surface area contributed by atoms with E-state index in [0.29, 0.717) is 0 Å². The predicted molar refractivity (Wildman–Crippen MR) is 152 cm³/mol. The molecule has 0 saturated heterocycles. The molecule has 1 aliphatic heterocycles. The highest BCUT2D eigenvalue weighted by Crippen LogP contribution is 2.53. The van der Waals surface area contributed by atoms with Crippen molar-refractivity contribution in [3.8, 4) is 0 Å². The van der Waals surface area contributed by atoms with Crippen molar-refractivity contribution in [1.82, 2.24) is 0 Å². The van der Waals surface area contributed by atoms with Gasteiger partial charge in [0, 0.05) is 11.1 Å². The molecule has 35 heavy (non-hydrogen) atoms. The van der Waals surface area contributed by atoms with Crippen LogP contribution in [-0.2, 0) is 10.8 Å². The van der Waals surface area contributed by atoms with E-state index in [-0.39, 0.29) is 10.8 Å². The van der Waals surface area contributed by atoms with E-state index in [4.69, 9.17) is 0 Å². The summed E-state index contributed by atoms with van der Waals surface area (Å²) in [6.07, 6.45) is 6.46. The fourth-order valence-corrected chi connectivity index (χ4v) is 6.19. The average Bonchev–Trinajstić information content (AvgIpc) is 3.09. The summed E-state index contributed by atoms with van der Waals surface area (Å²) < 4.78 is 0. The van der Waals surface area contributed by atoms with Crippen LogP contribution in [0.1, 0.15) is 76.6 Å². The van der Waals surface area contributed by atoms with Gasteiger partial charge in [0.2, 0.25) is 0 Å². The second-order valence-electron chi connectivity index (χ2n) is 11.2. The van der Waals surface area contributed by atoms with E-state index >= 15 is 0 Å². The van der Waals surface area contributed by atoms with Crippen LogP contribution in [0.5, 0.6) is 0 Å². The van der Waals surface area contributed by atoms with Gasteiger partial charge in [-0.25, -0.2) is 0 Å². The summed E-state index contributed by atoms with van der Waals surface area (Å²) >= 11 is 0. The monoisotopic (exact) mass is 459 g/mol. The van der Waals surface area contributed by atoms with Gasteiger partial charge in [-0.15, -0.1) is 0 Å². The van der Waals surface area contributed by atoms with Crippen LogP contribution in [0.25, 0.3) is 5.57 Å². The third-order valence-corrected chi connectivity index (χ3v) is 8.13. The van der Waals surface area contributed by atoms with Crippen molar-refractivity contribution in [3.63, 3.8) is 0 Å². The first-order valence-electron chi connectivity index (χ1n) is 12.9. The van der Waals surface area contributed by atoms with Gasteiger partial charge in [-0.1, -0.05) is 95.8 Å². The van der Waals surface area contributed by atoms with Gasteiger partial charge in [0.15, 0.2) is 0 Å². The third kappa shape index (κ3) is 3.69. The molecule has 0 N–H and O–H groups in total. The smallest absolute Gasteiger partial charge is 0.0502 e. The second kappa shape index (κ2) is 8.41. The molecule has 1 heterocycles. The molecule has 0 amide bonds. The van der Waals surface area contributed by atoms with Crippen LogP contribution in [0.4, 0.5) is 17.1 Å². The van der Waals surface area contributed by atoms with Crippen LogP contribution in [0.2, 0.25) is 0 Å². The van der Waals surface area contributed by atoms with Crippen molar-refractivity contribution in [2.24, 2.45) is 0 Å². The second-order valence-corrected chi connectivity index (χ2v) is 11.2. The highest BCUT2D eigenvalue weighted by molar-refractivity contribution is 5.88. The predicted octanol–water partition coefficient (Wildman–Crippen LogP) is 9.77. The first-order chi connectivity index (χ1) is 16.7. The maximum atomic E-state index is 4.02. The normalized spacial score (nSPS) is 19.0. The molecule has 2 aliphatic rings. The van der Waals surface area contributed by atoms with Crippen LogP contribution in [0.3, 0.4) is 0 Å². The van der Waals surface area contributed by atoms with E-state index in [9.17, 15) is 0 Å². The molecule has 3 aromatic carbocycles. The topological polar surface area (TPSA) is 3.24 Å². The zero-order chi connectivity index (χ0) is 25.0. The Bertz CT molecular complexity index is 1330. The minimum atomic E-state index is -0.0401. The third-order valence-electron chi connectivity index (χ3n) is 8.13.